The van der Waals surface area contributed by atoms with E-state index in [9.17, 15) is 30.6 Å². The van der Waals surface area contributed by atoms with Crippen molar-refractivity contribution in [3.05, 3.63) is 0 Å². The van der Waals surface area contributed by atoms with Crippen molar-refractivity contribution in [2.75, 3.05) is 132 Å². The van der Waals surface area contributed by atoms with E-state index in [4.69, 9.17) is 73.3 Å². The highest BCUT2D eigenvalue weighted by molar-refractivity contribution is 4.67. The van der Waals surface area contributed by atoms with Crippen molar-refractivity contribution in [2.24, 2.45) is 0 Å². The van der Waals surface area contributed by atoms with E-state index in [1.54, 1.807) is 0 Å². The lowest BCUT2D eigenvalue weighted by Gasteiger charge is -2.26. The van der Waals surface area contributed by atoms with Crippen LogP contribution in [0.15, 0.2) is 0 Å². The summed E-state index contributed by atoms with van der Waals surface area (Å²) in [6.07, 6.45) is -10.2. The lowest BCUT2D eigenvalue weighted by molar-refractivity contribution is -0.143. The Morgan fingerprint density at radius 1 is 0.235 bits per heavy atom. The fourth-order valence-electron chi connectivity index (χ4n) is 3.55. The molecule has 9 unspecified atom stereocenters. The van der Waals surface area contributed by atoms with Gasteiger partial charge in [-0.1, -0.05) is 0 Å². The van der Waals surface area contributed by atoms with Gasteiger partial charge in [0.05, 0.1) is 132 Å². The molecule has 0 aromatic carbocycles. The molecule has 0 spiro atoms. The molecule has 0 radical (unpaired) electrons. The molecule has 0 rings (SSSR count). The summed E-state index contributed by atoms with van der Waals surface area (Å²) in [6, 6.07) is 0. The molecule has 51 heavy (non-hydrogen) atoms. The van der Waals surface area contributed by atoms with Gasteiger partial charge in [-0.25, -0.2) is 0 Å². The van der Waals surface area contributed by atoms with Gasteiger partial charge in [0, 0.05) is 0 Å². The Morgan fingerprint density at radius 2 is 0.412 bits per heavy atom. The molecule has 0 aliphatic heterocycles. The van der Waals surface area contributed by atoms with Crippen molar-refractivity contribution < 1.29 is 104 Å². The molecule has 0 aliphatic carbocycles. The topological polar surface area (TPSA) is 326 Å². The molecule has 0 aromatic heterocycles. The minimum atomic E-state index is -1.19. The quantitative estimate of drug-likeness (QED) is 0.0278. The molecule has 0 fully saturated rings. The number of rotatable bonds is 38. The van der Waals surface area contributed by atoms with Crippen molar-refractivity contribution >= 4 is 0 Å². The Morgan fingerprint density at radius 3 is 0.647 bits per heavy atom. The van der Waals surface area contributed by atoms with Gasteiger partial charge in [0.2, 0.25) is 0 Å². The Kier molecular flexibility index (Phi) is 33.2. The van der Waals surface area contributed by atoms with E-state index < -0.39 is 101 Å². The number of hydrogen-bond acceptors (Lipinski definition) is 21. The van der Waals surface area contributed by atoms with Gasteiger partial charge in [-0.15, -0.1) is 0 Å². The highest BCUT2D eigenvalue weighted by Gasteiger charge is 2.21. The van der Waals surface area contributed by atoms with E-state index >= 15 is 0 Å². The first kappa shape index (κ1) is 50.2. The summed E-state index contributed by atoms with van der Waals surface area (Å²) >= 11 is 0. The zero-order valence-corrected chi connectivity index (χ0v) is 29.0. The third-order valence-electron chi connectivity index (χ3n) is 6.41. The van der Waals surface area contributed by atoms with E-state index in [1.165, 1.54) is 0 Å². The van der Waals surface area contributed by atoms with Crippen molar-refractivity contribution in [2.45, 2.75) is 61.0 Å². The summed E-state index contributed by atoms with van der Waals surface area (Å²) in [5, 5.41) is 112. The number of hydrogen-bond donors (Lipinski definition) is 12. The number of ether oxygens (including phenoxy) is 9. The zero-order chi connectivity index (χ0) is 38.3. The van der Waals surface area contributed by atoms with E-state index in [0.29, 0.717) is 0 Å². The summed E-state index contributed by atoms with van der Waals surface area (Å²) in [5.41, 5.74) is 0. The lowest BCUT2D eigenvalue weighted by Crippen LogP contribution is -2.38. The first-order valence-corrected chi connectivity index (χ1v) is 16.6. The average Bonchev–Trinajstić information content (AvgIpc) is 3.14. The largest absolute Gasteiger partial charge is 0.394 e. The van der Waals surface area contributed by atoms with E-state index in [1.807, 2.05) is 0 Å². The Hall–Kier alpha value is -0.840. The van der Waals surface area contributed by atoms with Crippen molar-refractivity contribution in [1.82, 2.24) is 0 Å². The molecule has 12 N–H and O–H groups in total. The van der Waals surface area contributed by atoms with Crippen LogP contribution in [-0.2, 0) is 42.6 Å². The van der Waals surface area contributed by atoms with Crippen LogP contribution in [0.2, 0.25) is 0 Å². The smallest absolute Gasteiger partial charge is 0.104 e. The van der Waals surface area contributed by atoms with Gasteiger partial charge in [0.15, 0.2) is 0 Å². The molecule has 21 nitrogen and oxygen atoms in total. The van der Waals surface area contributed by atoms with Crippen molar-refractivity contribution in [1.29, 1.82) is 0 Å². The standard InChI is InChI=1S/C30H62O21/c31-1-21(37)7-43-13-27(48-10-24(40)4-34)15-46-17-29(51-20-30(50-12-26(42)6-36)19-45-9-23(39)3-33)18-47-16-28(49-11-25(41)5-35)14-44-8-22(38)2-32/h21-42H,1-20H2. The summed E-state index contributed by atoms with van der Waals surface area (Å²) in [4.78, 5) is 0. The molecule has 0 saturated heterocycles. The number of aliphatic hydroxyl groups excluding tert-OH is 12. The molecule has 0 aromatic rings. The third kappa shape index (κ3) is 29.2. The van der Waals surface area contributed by atoms with Crippen LogP contribution in [0, 0.1) is 0 Å². The maximum Gasteiger partial charge on any atom is 0.104 e. The normalized spacial score (nSPS) is 18.1. The fourth-order valence-corrected chi connectivity index (χ4v) is 3.55. The van der Waals surface area contributed by atoms with Gasteiger partial charge in [-0.2, -0.15) is 0 Å². The summed E-state index contributed by atoms with van der Waals surface area (Å²) in [7, 11) is 0. The van der Waals surface area contributed by atoms with Gasteiger partial charge >= 0.3 is 0 Å². The van der Waals surface area contributed by atoms with Crippen LogP contribution in [-0.4, -0.2) is 254 Å². The van der Waals surface area contributed by atoms with Crippen molar-refractivity contribution in [3.8, 4) is 0 Å². The Bertz CT molecular complexity index is 704. The molecule has 0 saturated carbocycles. The van der Waals surface area contributed by atoms with E-state index in [0.717, 1.165) is 0 Å². The van der Waals surface area contributed by atoms with Crippen LogP contribution >= 0.6 is 0 Å². The molecular formula is C30H62O21. The first-order valence-electron chi connectivity index (χ1n) is 16.6. The molecule has 21 heteroatoms. The van der Waals surface area contributed by atoms with Gasteiger partial charge < -0.3 is 104 Å². The van der Waals surface area contributed by atoms with Crippen LogP contribution in [0.25, 0.3) is 0 Å². The fraction of sp³-hybridized carbons (Fsp3) is 1.00. The van der Waals surface area contributed by atoms with E-state index in [2.05, 4.69) is 0 Å². The third-order valence-corrected chi connectivity index (χ3v) is 6.41. The highest BCUT2D eigenvalue weighted by Crippen LogP contribution is 2.07. The minimum absolute atomic E-state index is 0.110. The van der Waals surface area contributed by atoms with Crippen LogP contribution in [0.5, 0.6) is 0 Å². The average molecular weight is 759 g/mol. The van der Waals surface area contributed by atoms with Crippen LogP contribution in [0.1, 0.15) is 0 Å². The second-order valence-corrected chi connectivity index (χ2v) is 11.5. The predicted octanol–water partition coefficient (Wildman–Crippen LogP) is -7.27. The maximum absolute atomic E-state index is 9.75. The summed E-state index contributed by atoms with van der Waals surface area (Å²) < 4.78 is 50.4. The minimum Gasteiger partial charge on any atom is -0.394 e. The molecule has 0 bridgehead atoms. The lowest BCUT2D eigenvalue weighted by atomic mass is 10.3. The maximum atomic E-state index is 9.75. The van der Waals surface area contributed by atoms with Gasteiger partial charge in [-0.3, -0.25) is 0 Å². The Balaban J connectivity index is 5.61. The predicted molar refractivity (Wildman–Crippen MR) is 172 cm³/mol. The zero-order valence-electron chi connectivity index (χ0n) is 29.0. The van der Waals surface area contributed by atoms with E-state index in [-0.39, 0.29) is 92.5 Å². The first-order chi connectivity index (χ1) is 24.5. The summed E-state index contributed by atoms with van der Waals surface area (Å²) in [6.45, 7) is -5.70. The second kappa shape index (κ2) is 33.7. The molecule has 0 amide bonds. The number of aliphatic hydroxyl groups is 12. The Labute approximate surface area is 297 Å². The molecule has 0 heterocycles. The molecule has 9 atom stereocenters. The molecule has 0 aliphatic rings. The molecular weight excluding hydrogens is 696 g/mol. The molecule has 308 valence electrons. The van der Waals surface area contributed by atoms with Crippen LogP contribution in [0.4, 0.5) is 0 Å². The van der Waals surface area contributed by atoms with Gasteiger partial charge in [0.25, 0.3) is 0 Å². The second-order valence-electron chi connectivity index (χ2n) is 11.5. The SMILES string of the molecule is OCC(O)COCC(COCC(COCC(COCC(O)CO)OCC(O)CO)OCC(COCC(O)CO)OCC(O)CO)OCC(O)CO. The van der Waals surface area contributed by atoms with Crippen LogP contribution in [0.3, 0.4) is 0 Å². The van der Waals surface area contributed by atoms with Gasteiger partial charge in [-0.05, 0) is 0 Å². The highest BCUT2D eigenvalue weighted by atomic mass is 16.6. The van der Waals surface area contributed by atoms with Crippen LogP contribution < -0.4 is 0 Å². The van der Waals surface area contributed by atoms with Crippen molar-refractivity contribution in [3.63, 3.8) is 0 Å². The summed E-state index contributed by atoms with van der Waals surface area (Å²) in [5.74, 6) is 0. The monoisotopic (exact) mass is 758 g/mol. The van der Waals surface area contributed by atoms with Gasteiger partial charge in [0.1, 0.15) is 61.0 Å².